The maximum atomic E-state index is 12.8. The van der Waals surface area contributed by atoms with Crippen molar-refractivity contribution >= 4 is 17.4 Å². The molecular weight excluding hydrogens is 497 g/mol. The van der Waals surface area contributed by atoms with Crippen molar-refractivity contribution in [1.29, 1.82) is 0 Å². The van der Waals surface area contributed by atoms with Crippen LogP contribution in [-0.4, -0.2) is 34.5 Å². The number of aliphatic carboxylic acids is 1. The van der Waals surface area contributed by atoms with Crippen LogP contribution in [0.4, 0.5) is 18.9 Å². The van der Waals surface area contributed by atoms with E-state index in [-0.39, 0.29) is 24.7 Å². The highest BCUT2D eigenvalue weighted by Crippen LogP contribution is 2.31. The Hall–Kier alpha value is -3.88. The highest BCUT2D eigenvalue weighted by molar-refractivity contribution is 5.96. The Kier molecular flexibility index (Phi) is 9.87. The molecule has 2 aromatic carbocycles. The molecule has 0 aliphatic rings. The van der Waals surface area contributed by atoms with Gasteiger partial charge in [-0.3, -0.25) is 9.59 Å². The van der Waals surface area contributed by atoms with Crippen LogP contribution in [0.3, 0.4) is 0 Å². The molecule has 0 aliphatic heterocycles. The van der Waals surface area contributed by atoms with E-state index in [2.05, 4.69) is 24.1 Å². The Morgan fingerprint density at radius 1 is 0.947 bits per heavy atom. The number of benzene rings is 2. The van der Waals surface area contributed by atoms with Crippen molar-refractivity contribution in [3.63, 3.8) is 0 Å². The van der Waals surface area contributed by atoms with E-state index in [0.29, 0.717) is 41.5 Å². The number of carboxylic acid groups (broad SMARTS) is 1. The molecule has 3 aromatic rings. The van der Waals surface area contributed by atoms with Crippen LogP contribution >= 0.6 is 0 Å². The first-order valence-electron chi connectivity index (χ1n) is 12.4. The van der Waals surface area contributed by atoms with E-state index in [1.54, 1.807) is 30.5 Å². The molecule has 0 aliphatic carbocycles. The summed E-state index contributed by atoms with van der Waals surface area (Å²) in [6.45, 7) is 4.54. The second-order valence-corrected chi connectivity index (χ2v) is 9.49. The second kappa shape index (κ2) is 13.1. The van der Waals surface area contributed by atoms with E-state index < -0.39 is 17.7 Å². The molecule has 1 heterocycles. The molecule has 1 aromatic heterocycles. The SMILES string of the molecule is CC(C)C[C@@H](COc1ccc(-c2ccc(C(F)(F)F)cc2)cn1)Nc1ccc(C(=O)CCCC(=O)O)cc1. The zero-order valence-corrected chi connectivity index (χ0v) is 21.3. The van der Waals surface area contributed by atoms with Gasteiger partial charge >= 0.3 is 12.1 Å². The van der Waals surface area contributed by atoms with Crippen LogP contribution in [0.15, 0.2) is 66.9 Å². The van der Waals surface area contributed by atoms with Gasteiger partial charge in [0.05, 0.1) is 11.6 Å². The molecule has 9 heteroatoms. The Morgan fingerprint density at radius 2 is 1.61 bits per heavy atom. The number of ether oxygens (including phenoxy) is 1. The van der Waals surface area contributed by atoms with Gasteiger partial charge in [0.2, 0.25) is 5.88 Å². The third kappa shape index (κ3) is 8.90. The Morgan fingerprint density at radius 3 is 2.16 bits per heavy atom. The molecule has 38 heavy (non-hydrogen) atoms. The molecule has 202 valence electrons. The van der Waals surface area contributed by atoms with Crippen molar-refractivity contribution in [3.05, 3.63) is 78.0 Å². The number of carboxylic acids is 1. The van der Waals surface area contributed by atoms with Crippen LogP contribution in [-0.2, 0) is 11.0 Å². The van der Waals surface area contributed by atoms with E-state index >= 15 is 0 Å². The molecule has 0 fully saturated rings. The third-order valence-corrected chi connectivity index (χ3v) is 5.84. The summed E-state index contributed by atoms with van der Waals surface area (Å²) in [7, 11) is 0. The Labute approximate surface area is 219 Å². The first-order chi connectivity index (χ1) is 18.0. The number of ketones is 1. The molecule has 6 nitrogen and oxygen atoms in total. The van der Waals surface area contributed by atoms with Crippen LogP contribution in [0.25, 0.3) is 11.1 Å². The molecule has 0 spiro atoms. The van der Waals surface area contributed by atoms with E-state index in [9.17, 15) is 22.8 Å². The topological polar surface area (TPSA) is 88.5 Å². The Bertz CT molecular complexity index is 1190. The van der Waals surface area contributed by atoms with Gasteiger partial charge in [0, 0.05) is 41.9 Å². The van der Waals surface area contributed by atoms with E-state index in [1.165, 1.54) is 12.1 Å². The number of nitrogens with one attached hydrogen (secondary N) is 1. The molecule has 0 radical (unpaired) electrons. The summed E-state index contributed by atoms with van der Waals surface area (Å²) in [6, 6.07) is 15.4. The van der Waals surface area contributed by atoms with Gasteiger partial charge in [-0.15, -0.1) is 0 Å². The number of alkyl halides is 3. The van der Waals surface area contributed by atoms with Crippen LogP contribution in [0.1, 0.15) is 55.5 Å². The van der Waals surface area contributed by atoms with Crippen molar-refractivity contribution in [1.82, 2.24) is 4.98 Å². The number of aromatic nitrogens is 1. The number of carbonyl (C=O) groups excluding carboxylic acids is 1. The van der Waals surface area contributed by atoms with Crippen LogP contribution < -0.4 is 10.1 Å². The van der Waals surface area contributed by atoms with Gasteiger partial charge in [-0.25, -0.2) is 4.98 Å². The number of Topliss-reactive ketones (excluding diaryl/α,β-unsaturated/α-hetero) is 1. The number of hydrogen-bond acceptors (Lipinski definition) is 5. The van der Waals surface area contributed by atoms with Crippen molar-refractivity contribution in [2.45, 2.75) is 51.7 Å². The largest absolute Gasteiger partial charge is 0.481 e. The van der Waals surface area contributed by atoms with Gasteiger partial charge in [-0.2, -0.15) is 13.2 Å². The van der Waals surface area contributed by atoms with Gasteiger partial charge in [0.25, 0.3) is 0 Å². The van der Waals surface area contributed by atoms with Gasteiger partial charge in [0.15, 0.2) is 5.78 Å². The van der Waals surface area contributed by atoms with Gasteiger partial charge in [0.1, 0.15) is 6.61 Å². The normalized spacial score (nSPS) is 12.3. The summed E-state index contributed by atoms with van der Waals surface area (Å²) in [6.07, 6.45) is -1.53. The zero-order chi connectivity index (χ0) is 27.7. The van der Waals surface area contributed by atoms with Crippen LogP contribution in [0, 0.1) is 5.92 Å². The fourth-order valence-electron chi connectivity index (χ4n) is 3.94. The standard InChI is InChI=1S/C29H31F3N2O4/c1-19(2)16-25(34-24-13-8-21(9-14-24)26(35)4-3-5-28(36)37)18-38-27-15-10-22(17-33-27)20-6-11-23(12-7-20)29(30,31)32/h6-15,17,19,25,34H,3-5,16,18H2,1-2H3,(H,36,37)/t25-/m0/s1. The minimum absolute atomic E-state index is 0.0328. The summed E-state index contributed by atoms with van der Waals surface area (Å²) in [5.41, 5.74) is 1.97. The smallest absolute Gasteiger partial charge is 0.416 e. The van der Waals surface area contributed by atoms with Crippen molar-refractivity contribution in [2.24, 2.45) is 5.92 Å². The summed E-state index contributed by atoms with van der Waals surface area (Å²) in [4.78, 5) is 27.2. The maximum Gasteiger partial charge on any atom is 0.416 e. The average molecular weight is 529 g/mol. The number of carbonyl (C=O) groups is 2. The molecule has 1 atom stereocenters. The quantitative estimate of drug-likeness (QED) is 0.230. The molecule has 0 amide bonds. The van der Waals surface area contributed by atoms with Crippen LogP contribution in [0.2, 0.25) is 0 Å². The third-order valence-electron chi connectivity index (χ3n) is 5.84. The second-order valence-electron chi connectivity index (χ2n) is 9.49. The van der Waals surface area contributed by atoms with Gasteiger partial charge in [-0.05, 0) is 66.8 Å². The van der Waals surface area contributed by atoms with E-state index in [0.717, 1.165) is 24.2 Å². The van der Waals surface area contributed by atoms with Crippen molar-refractivity contribution in [3.8, 4) is 17.0 Å². The maximum absolute atomic E-state index is 12.8. The predicted octanol–water partition coefficient (Wildman–Crippen LogP) is 7.11. The molecule has 3 rings (SSSR count). The first-order valence-corrected chi connectivity index (χ1v) is 12.4. The molecule has 0 saturated heterocycles. The summed E-state index contributed by atoms with van der Waals surface area (Å²) >= 11 is 0. The lowest BCUT2D eigenvalue weighted by Gasteiger charge is -2.22. The lowest BCUT2D eigenvalue weighted by Crippen LogP contribution is -2.29. The number of hydrogen-bond donors (Lipinski definition) is 2. The average Bonchev–Trinajstić information content (AvgIpc) is 2.87. The fraction of sp³-hybridized carbons (Fsp3) is 0.345. The van der Waals surface area contributed by atoms with Crippen molar-refractivity contribution < 1.29 is 32.6 Å². The lowest BCUT2D eigenvalue weighted by atomic mass is 10.0. The molecule has 0 bridgehead atoms. The number of nitrogens with zero attached hydrogens (tertiary/aromatic N) is 1. The minimum Gasteiger partial charge on any atom is -0.481 e. The molecular formula is C29H31F3N2O4. The summed E-state index contributed by atoms with van der Waals surface area (Å²) in [5, 5.41) is 12.1. The number of anilines is 1. The van der Waals surface area contributed by atoms with Gasteiger partial charge < -0.3 is 15.2 Å². The fourth-order valence-corrected chi connectivity index (χ4v) is 3.94. The van der Waals surface area contributed by atoms with Crippen molar-refractivity contribution in [2.75, 3.05) is 11.9 Å². The highest BCUT2D eigenvalue weighted by Gasteiger charge is 2.30. The number of rotatable bonds is 13. The number of halogens is 3. The predicted molar refractivity (Wildman–Crippen MR) is 139 cm³/mol. The van der Waals surface area contributed by atoms with E-state index in [1.807, 2.05) is 12.1 Å². The summed E-state index contributed by atoms with van der Waals surface area (Å²) < 4.78 is 44.3. The Balaban J connectivity index is 1.57. The molecule has 0 unspecified atom stereocenters. The zero-order valence-electron chi connectivity index (χ0n) is 21.3. The van der Waals surface area contributed by atoms with Gasteiger partial charge in [-0.1, -0.05) is 26.0 Å². The first kappa shape index (κ1) is 28.7. The lowest BCUT2D eigenvalue weighted by molar-refractivity contribution is -0.138. The highest BCUT2D eigenvalue weighted by atomic mass is 19.4. The monoisotopic (exact) mass is 528 g/mol. The summed E-state index contributed by atoms with van der Waals surface area (Å²) in [5.74, 6) is -0.216. The van der Waals surface area contributed by atoms with Crippen LogP contribution in [0.5, 0.6) is 5.88 Å². The molecule has 0 saturated carbocycles. The molecule has 2 N–H and O–H groups in total. The van der Waals surface area contributed by atoms with E-state index in [4.69, 9.17) is 9.84 Å². The minimum atomic E-state index is -4.38. The number of pyridine rings is 1.